The molecule has 2 aromatic carbocycles. The first kappa shape index (κ1) is 18.9. The summed E-state index contributed by atoms with van der Waals surface area (Å²) in [6, 6.07) is 15.5. The van der Waals surface area contributed by atoms with Crippen molar-refractivity contribution in [2.24, 2.45) is 0 Å². The summed E-state index contributed by atoms with van der Waals surface area (Å²) in [6.45, 7) is 1.89. The number of carbonyl (C=O) groups excluding carboxylic acids is 1. The Labute approximate surface area is 170 Å². The molecule has 0 aliphatic rings. The second-order valence-electron chi connectivity index (χ2n) is 6.47. The van der Waals surface area contributed by atoms with E-state index in [4.69, 9.17) is 0 Å². The van der Waals surface area contributed by atoms with E-state index in [1.54, 1.807) is 19.2 Å². The predicted octanol–water partition coefficient (Wildman–Crippen LogP) is 2.51. The second-order valence-corrected chi connectivity index (χ2v) is 6.47. The minimum Gasteiger partial charge on any atom is -0.315 e. The second kappa shape index (κ2) is 7.91. The number of tetrazole rings is 1. The molecule has 0 radical (unpaired) electrons. The van der Waals surface area contributed by atoms with Gasteiger partial charge in [0, 0.05) is 17.8 Å². The number of nitrogens with zero attached hydrogens (tertiary/aromatic N) is 7. The van der Waals surface area contributed by atoms with Crippen molar-refractivity contribution >= 4 is 17.3 Å². The molecule has 0 saturated carbocycles. The summed E-state index contributed by atoms with van der Waals surface area (Å²) in [6.07, 6.45) is 1.59. The molecular formula is C19H16N8O3. The van der Waals surface area contributed by atoms with Crippen LogP contribution < -0.4 is 5.32 Å². The highest BCUT2D eigenvalue weighted by Gasteiger charge is 2.18. The molecule has 4 aromatic rings. The zero-order valence-corrected chi connectivity index (χ0v) is 15.8. The van der Waals surface area contributed by atoms with Gasteiger partial charge in [-0.3, -0.25) is 14.9 Å². The van der Waals surface area contributed by atoms with E-state index in [0.29, 0.717) is 5.82 Å². The molecule has 0 fully saturated rings. The van der Waals surface area contributed by atoms with Crippen LogP contribution in [-0.4, -0.2) is 40.8 Å². The molecule has 11 nitrogen and oxygen atoms in total. The van der Waals surface area contributed by atoms with Crippen LogP contribution in [0.3, 0.4) is 0 Å². The van der Waals surface area contributed by atoms with E-state index in [1.165, 1.54) is 27.7 Å². The zero-order chi connectivity index (χ0) is 21.1. The summed E-state index contributed by atoms with van der Waals surface area (Å²) in [4.78, 5) is 24.5. The molecule has 1 amide bonds. The highest BCUT2D eigenvalue weighted by atomic mass is 16.6. The lowest BCUT2D eigenvalue weighted by Crippen LogP contribution is -2.16. The van der Waals surface area contributed by atoms with Crippen LogP contribution in [0.4, 0.5) is 11.4 Å². The SMILES string of the molecule is Cc1ccc(NC(=O)c2ccn(Cn3nnc(-c4ccccc4)n3)n2)c([N+](=O)[O-])c1. The standard InChI is InChI=1S/C19H16N8O3/c1-13-7-8-15(17(11-13)27(29)30)20-19(28)16-9-10-25(22-16)12-26-23-18(21-24-26)14-5-3-2-4-6-14/h2-11H,12H2,1H3,(H,20,28). The molecule has 0 unspecified atom stereocenters. The molecular weight excluding hydrogens is 388 g/mol. The van der Waals surface area contributed by atoms with Gasteiger partial charge in [0.25, 0.3) is 11.6 Å². The Balaban J connectivity index is 1.46. The van der Waals surface area contributed by atoms with Crippen molar-refractivity contribution in [1.29, 1.82) is 0 Å². The van der Waals surface area contributed by atoms with E-state index in [0.717, 1.165) is 11.1 Å². The van der Waals surface area contributed by atoms with Crippen molar-refractivity contribution in [3.63, 3.8) is 0 Å². The van der Waals surface area contributed by atoms with Gasteiger partial charge in [-0.2, -0.15) is 5.10 Å². The Morgan fingerprint density at radius 3 is 2.70 bits per heavy atom. The van der Waals surface area contributed by atoms with Gasteiger partial charge in [-0.1, -0.05) is 36.4 Å². The van der Waals surface area contributed by atoms with Gasteiger partial charge < -0.3 is 5.32 Å². The zero-order valence-electron chi connectivity index (χ0n) is 15.8. The van der Waals surface area contributed by atoms with Gasteiger partial charge in [0.05, 0.1) is 4.92 Å². The van der Waals surface area contributed by atoms with Crippen molar-refractivity contribution < 1.29 is 9.72 Å². The van der Waals surface area contributed by atoms with E-state index in [-0.39, 0.29) is 23.7 Å². The van der Waals surface area contributed by atoms with Crippen LogP contribution in [0.25, 0.3) is 11.4 Å². The number of nitro groups is 1. The summed E-state index contributed by atoms with van der Waals surface area (Å²) in [5, 5.41) is 30.2. The Morgan fingerprint density at radius 2 is 1.93 bits per heavy atom. The van der Waals surface area contributed by atoms with E-state index < -0.39 is 10.8 Å². The molecule has 0 aliphatic carbocycles. The first-order valence-corrected chi connectivity index (χ1v) is 8.93. The third-order valence-corrected chi connectivity index (χ3v) is 4.23. The normalized spacial score (nSPS) is 10.7. The van der Waals surface area contributed by atoms with Crippen molar-refractivity contribution in [3.8, 4) is 11.4 Å². The molecule has 4 rings (SSSR count). The Kier molecular flexibility index (Phi) is 4.99. The average Bonchev–Trinajstić information content (AvgIpc) is 3.40. The number of nitrogens with one attached hydrogen (secondary N) is 1. The van der Waals surface area contributed by atoms with Crippen molar-refractivity contribution in [1.82, 2.24) is 30.0 Å². The maximum Gasteiger partial charge on any atom is 0.293 e. The molecule has 2 aromatic heterocycles. The van der Waals surface area contributed by atoms with Crippen LogP contribution in [0, 0.1) is 17.0 Å². The van der Waals surface area contributed by atoms with Crippen LogP contribution in [0.5, 0.6) is 0 Å². The fourth-order valence-corrected chi connectivity index (χ4v) is 2.78. The predicted molar refractivity (Wildman–Crippen MR) is 107 cm³/mol. The Morgan fingerprint density at radius 1 is 1.13 bits per heavy atom. The monoisotopic (exact) mass is 404 g/mol. The minimum absolute atomic E-state index is 0.105. The number of amides is 1. The molecule has 11 heteroatoms. The summed E-state index contributed by atoms with van der Waals surface area (Å²) >= 11 is 0. The highest BCUT2D eigenvalue weighted by molar-refractivity contribution is 6.04. The number of carbonyl (C=O) groups is 1. The van der Waals surface area contributed by atoms with Gasteiger partial charge in [-0.15, -0.1) is 15.0 Å². The smallest absolute Gasteiger partial charge is 0.293 e. The third-order valence-electron chi connectivity index (χ3n) is 4.23. The minimum atomic E-state index is -0.558. The number of hydrogen-bond donors (Lipinski definition) is 1. The largest absolute Gasteiger partial charge is 0.315 e. The highest BCUT2D eigenvalue weighted by Crippen LogP contribution is 2.25. The number of anilines is 1. The maximum absolute atomic E-state index is 12.5. The van der Waals surface area contributed by atoms with Crippen molar-refractivity contribution in [3.05, 3.63) is 82.2 Å². The summed E-state index contributed by atoms with van der Waals surface area (Å²) in [5.41, 5.74) is 1.59. The van der Waals surface area contributed by atoms with Gasteiger partial charge >= 0.3 is 0 Å². The molecule has 150 valence electrons. The number of nitro benzene ring substituents is 1. The van der Waals surface area contributed by atoms with Crippen LogP contribution in [0.15, 0.2) is 60.8 Å². The first-order valence-electron chi connectivity index (χ1n) is 8.93. The Hall–Kier alpha value is -4.41. The van der Waals surface area contributed by atoms with E-state index in [9.17, 15) is 14.9 Å². The molecule has 0 spiro atoms. The summed E-state index contributed by atoms with van der Waals surface area (Å²) in [7, 11) is 0. The number of rotatable bonds is 6. The molecule has 1 N–H and O–H groups in total. The van der Waals surface area contributed by atoms with Crippen LogP contribution in [-0.2, 0) is 6.67 Å². The number of aromatic nitrogens is 6. The fourth-order valence-electron chi connectivity index (χ4n) is 2.78. The van der Waals surface area contributed by atoms with E-state index in [1.807, 2.05) is 30.3 Å². The van der Waals surface area contributed by atoms with Crippen LogP contribution in [0.1, 0.15) is 16.1 Å². The molecule has 0 bridgehead atoms. The average molecular weight is 404 g/mol. The maximum atomic E-state index is 12.5. The van der Waals surface area contributed by atoms with Crippen LogP contribution in [0.2, 0.25) is 0 Å². The van der Waals surface area contributed by atoms with Gasteiger partial charge in [0.1, 0.15) is 5.69 Å². The lowest BCUT2D eigenvalue weighted by atomic mass is 10.2. The lowest BCUT2D eigenvalue weighted by molar-refractivity contribution is -0.384. The molecule has 0 atom stereocenters. The van der Waals surface area contributed by atoms with E-state index in [2.05, 4.69) is 25.8 Å². The van der Waals surface area contributed by atoms with Crippen molar-refractivity contribution in [2.45, 2.75) is 13.6 Å². The van der Waals surface area contributed by atoms with Crippen LogP contribution >= 0.6 is 0 Å². The molecule has 2 heterocycles. The van der Waals surface area contributed by atoms with E-state index >= 15 is 0 Å². The lowest BCUT2D eigenvalue weighted by Gasteiger charge is -2.05. The van der Waals surface area contributed by atoms with Crippen molar-refractivity contribution in [2.75, 3.05) is 5.32 Å². The first-order chi connectivity index (χ1) is 14.5. The topological polar surface area (TPSA) is 134 Å². The summed E-state index contributed by atoms with van der Waals surface area (Å²) in [5.74, 6) is -0.0790. The Bertz CT molecular complexity index is 1220. The van der Waals surface area contributed by atoms with Gasteiger partial charge in [-0.05, 0) is 29.8 Å². The summed E-state index contributed by atoms with van der Waals surface area (Å²) < 4.78 is 1.47. The third kappa shape index (κ3) is 4.04. The molecule has 0 aliphatic heterocycles. The van der Waals surface area contributed by atoms with Gasteiger partial charge in [0.15, 0.2) is 12.4 Å². The fraction of sp³-hybridized carbons (Fsp3) is 0.105. The van der Waals surface area contributed by atoms with Gasteiger partial charge in [-0.25, -0.2) is 4.68 Å². The number of benzene rings is 2. The number of aryl methyl sites for hydroxylation is 1. The quantitative estimate of drug-likeness (QED) is 0.385. The van der Waals surface area contributed by atoms with Gasteiger partial charge in [0.2, 0.25) is 5.82 Å². The molecule has 0 saturated heterocycles. The molecule has 30 heavy (non-hydrogen) atoms. The number of hydrogen-bond acceptors (Lipinski definition) is 7.